The summed E-state index contributed by atoms with van der Waals surface area (Å²) in [6.07, 6.45) is 23.1. The Balaban J connectivity index is 1.48. The molecule has 2 heterocycles. The van der Waals surface area contributed by atoms with Gasteiger partial charge in [0.1, 0.15) is 23.8 Å². The van der Waals surface area contributed by atoms with Gasteiger partial charge in [-0.15, -0.1) is 0 Å². The van der Waals surface area contributed by atoms with Crippen LogP contribution in [0, 0.1) is 6.92 Å². The van der Waals surface area contributed by atoms with Crippen molar-refractivity contribution in [2.45, 2.75) is 144 Å². The smallest absolute Gasteiger partial charge is 0.142 e. The average molecular weight is 566 g/mol. The Morgan fingerprint density at radius 2 is 1.56 bits per heavy atom. The summed E-state index contributed by atoms with van der Waals surface area (Å²) >= 11 is 0. The SMILES string of the molecule is CC(C)=CCCC(C)=CCCC(C)=CCC[C@]1(C)CCc2c3c(cc(C)c2O1)OCN(CCCCCCCCO)C3. The fourth-order valence-electron chi connectivity index (χ4n) is 6.14. The molecule has 0 spiro atoms. The number of benzene rings is 1. The summed E-state index contributed by atoms with van der Waals surface area (Å²) in [5.74, 6) is 2.18. The number of rotatable bonds is 17. The molecule has 1 aromatic carbocycles. The predicted molar refractivity (Wildman–Crippen MR) is 174 cm³/mol. The van der Waals surface area contributed by atoms with Crippen LogP contribution in [0.2, 0.25) is 0 Å². The Hall–Kier alpha value is -2.04. The number of fused-ring (bicyclic) bond motifs is 3. The van der Waals surface area contributed by atoms with Gasteiger partial charge < -0.3 is 14.6 Å². The number of ether oxygens (including phenoxy) is 2. The lowest BCUT2D eigenvalue weighted by Crippen LogP contribution is -2.38. The van der Waals surface area contributed by atoms with Crippen LogP contribution in [-0.2, 0) is 13.0 Å². The molecule has 0 saturated heterocycles. The van der Waals surface area contributed by atoms with Gasteiger partial charge in [0, 0.05) is 30.8 Å². The van der Waals surface area contributed by atoms with Gasteiger partial charge in [0.05, 0.1) is 0 Å². The number of allylic oxidation sites excluding steroid dienone is 6. The molecule has 1 atom stereocenters. The van der Waals surface area contributed by atoms with Crippen LogP contribution >= 0.6 is 0 Å². The number of aliphatic hydroxyl groups excluding tert-OH is 1. The molecule has 4 nitrogen and oxygen atoms in total. The Kier molecular flexibility index (Phi) is 14.0. The summed E-state index contributed by atoms with van der Waals surface area (Å²) in [5.41, 5.74) is 8.23. The van der Waals surface area contributed by atoms with Crippen LogP contribution in [0.1, 0.15) is 135 Å². The first-order valence-corrected chi connectivity index (χ1v) is 16.5. The molecule has 1 N–H and O–H groups in total. The van der Waals surface area contributed by atoms with Gasteiger partial charge in [0.15, 0.2) is 0 Å². The summed E-state index contributed by atoms with van der Waals surface area (Å²) < 4.78 is 13.1. The van der Waals surface area contributed by atoms with Crippen molar-refractivity contribution in [3.63, 3.8) is 0 Å². The maximum atomic E-state index is 8.94. The van der Waals surface area contributed by atoms with Crippen molar-refractivity contribution in [3.05, 3.63) is 57.7 Å². The van der Waals surface area contributed by atoms with Crippen LogP contribution in [0.3, 0.4) is 0 Å². The second-order valence-corrected chi connectivity index (χ2v) is 13.2. The van der Waals surface area contributed by atoms with Crippen LogP contribution in [0.5, 0.6) is 11.5 Å². The Labute approximate surface area is 251 Å². The Morgan fingerprint density at radius 1 is 0.902 bits per heavy atom. The Bertz CT molecular complexity index is 1050. The Morgan fingerprint density at radius 3 is 2.27 bits per heavy atom. The highest BCUT2D eigenvalue weighted by Gasteiger charge is 2.35. The number of aryl methyl sites for hydroxylation is 1. The van der Waals surface area contributed by atoms with E-state index in [1.807, 2.05) is 0 Å². The van der Waals surface area contributed by atoms with Gasteiger partial charge in [-0.1, -0.05) is 60.6 Å². The second kappa shape index (κ2) is 17.2. The highest BCUT2D eigenvalue weighted by Crippen LogP contribution is 2.44. The molecule has 2 aliphatic heterocycles. The summed E-state index contributed by atoms with van der Waals surface area (Å²) in [6, 6.07) is 2.21. The fraction of sp³-hybridized carbons (Fsp3) is 0.676. The molecule has 0 bridgehead atoms. The third-order valence-corrected chi connectivity index (χ3v) is 8.85. The summed E-state index contributed by atoms with van der Waals surface area (Å²) in [6.45, 7) is 16.4. The molecule has 0 aromatic heterocycles. The van der Waals surface area contributed by atoms with Gasteiger partial charge in [-0.3, -0.25) is 4.90 Å². The topological polar surface area (TPSA) is 41.9 Å². The molecule has 1 aromatic rings. The first-order chi connectivity index (χ1) is 19.7. The summed E-state index contributed by atoms with van der Waals surface area (Å²) in [4.78, 5) is 2.45. The maximum Gasteiger partial charge on any atom is 0.142 e. The van der Waals surface area contributed by atoms with Gasteiger partial charge in [-0.25, -0.2) is 0 Å². The van der Waals surface area contributed by atoms with Gasteiger partial charge >= 0.3 is 0 Å². The van der Waals surface area contributed by atoms with E-state index in [0.29, 0.717) is 13.3 Å². The van der Waals surface area contributed by atoms with E-state index in [0.717, 1.165) is 82.4 Å². The molecular formula is C37H59NO3. The van der Waals surface area contributed by atoms with Crippen molar-refractivity contribution in [2.75, 3.05) is 19.9 Å². The van der Waals surface area contributed by atoms with E-state index < -0.39 is 0 Å². The lowest BCUT2D eigenvalue weighted by molar-refractivity contribution is 0.0524. The number of hydrogen-bond acceptors (Lipinski definition) is 4. The maximum absolute atomic E-state index is 8.94. The highest BCUT2D eigenvalue weighted by molar-refractivity contribution is 5.55. The zero-order valence-corrected chi connectivity index (χ0v) is 27.2. The minimum absolute atomic E-state index is 0.116. The van der Waals surface area contributed by atoms with Crippen molar-refractivity contribution in [3.8, 4) is 11.5 Å². The number of hydrogen-bond donors (Lipinski definition) is 1. The standard InChI is InChI=1S/C37H59NO3/c1-29(2)16-13-17-30(3)18-14-19-31(4)20-15-22-37(6)23-21-33-34-27-38(24-11-9-7-8-10-12-25-39)28-40-35(34)26-32(5)36(33)41-37/h16,18,20,26,39H,7-15,17,19,21-25,27-28H2,1-6H3/t37-/m1/s1. The first kappa shape index (κ1) is 33.5. The quantitative estimate of drug-likeness (QED) is 0.151. The van der Waals surface area contributed by atoms with E-state index >= 15 is 0 Å². The molecule has 3 rings (SSSR count). The highest BCUT2D eigenvalue weighted by atomic mass is 16.5. The van der Waals surface area contributed by atoms with Crippen molar-refractivity contribution < 1.29 is 14.6 Å². The molecule has 2 aliphatic rings. The van der Waals surface area contributed by atoms with Crippen LogP contribution in [0.4, 0.5) is 0 Å². The van der Waals surface area contributed by atoms with Gasteiger partial charge in [0.2, 0.25) is 0 Å². The molecule has 4 heteroatoms. The van der Waals surface area contributed by atoms with Crippen LogP contribution < -0.4 is 9.47 Å². The van der Waals surface area contributed by atoms with Crippen molar-refractivity contribution in [2.24, 2.45) is 0 Å². The minimum atomic E-state index is -0.116. The van der Waals surface area contributed by atoms with Crippen molar-refractivity contribution in [1.82, 2.24) is 4.90 Å². The van der Waals surface area contributed by atoms with Crippen molar-refractivity contribution in [1.29, 1.82) is 0 Å². The predicted octanol–water partition coefficient (Wildman–Crippen LogP) is 9.76. The third-order valence-electron chi connectivity index (χ3n) is 8.85. The van der Waals surface area contributed by atoms with Crippen molar-refractivity contribution >= 4 is 0 Å². The molecule has 0 radical (unpaired) electrons. The lowest BCUT2D eigenvalue weighted by Gasteiger charge is -2.39. The number of unbranched alkanes of at least 4 members (excludes halogenated alkanes) is 5. The van der Waals surface area contributed by atoms with E-state index in [4.69, 9.17) is 14.6 Å². The normalized spacial score (nSPS) is 19.3. The van der Waals surface area contributed by atoms with E-state index in [1.54, 1.807) is 0 Å². The average Bonchev–Trinajstić information content (AvgIpc) is 2.92. The molecule has 0 unspecified atom stereocenters. The largest absolute Gasteiger partial charge is 0.487 e. The van der Waals surface area contributed by atoms with Crippen LogP contribution in [0.15, 0.2) is 41.0 Å². The summed E-state index contributed by atoms with van der Waals surface area (Å²) in [7, 11) is 0. The number of aliphatic hydroxyl groups is 1. The van der Waals surface area contributed by atoms with E-state index in [1.165, 1.54) is 65.5 Å². The third kappa shape index (κ3) is 11.3. The van der Waals surface area contributed by atoms with Crippen LogP contribution in [-0.4, -0.2) is 35.5 Å². The van der Waals surface area contributed by atoms with E-state index in [-0.39, 0.29) is 5.60 Å². The molecule has 0 fully saturated rings. The molecule has 230 valence electrons. The zero-order chi connectivity index (χ0) is 29.7. The molecule has 0 saturated carbocycles. The van der Waals surface area contributed by atoms with Gasteiger partial charge in [0.25, 0.3) is 0 Å². The van der Waals surface area contributed by atoms with Gasteiger partial charge in [-0.05, 0) is 117 Å². The molecule has 0 amide bonds. The monoisotopic (exact) mass is 565 g/mol. The fourth-order valence-corrected chi connectivity index (χ4v) is 6.14. The number of nitrogens with zero attached hydrogens (tertiary/aromatic N) is 1. The molecule has 0 aliphatic carbocycles. The molecular weight excluding hydrogens is 506 g/mol. The molecule has 41 heavy (non-hydrogen) atoms. The zero-order valence-electron chi connectivity index (χ0n) is 27.2. The lowest BCUT2D eigenvalue weighted by atomic mass is 9.85. The van der Waals surface area contributed by atoms with E-state index in [2.05, 4.69) is 70.7 Å². The van der Waals surface area contributed by atoms with E-state index in [9.17, 15) is 0 Å². The first-order valence-electron chi connectivity index (χ1n) is 16.5. The van der Waals surface area contributed by atoms with Crippen LogP contribution in [0.25, 0.3) is 0 Å². The summed E-state index contributed by atoms with van der Waals surface area (Å²) in [5, 5.41) is 8.94. The van der Waals surface area contributed by atoms with Gasteiger partial charge in [-0.2, -0.15) is 0 Å². The second-order valence-electron chi connectivity index (χ2n) is 13.2. The minimum Gasteiger partial charge on any atom is -0.487 e.